The first-order valence-electron chi connectivity index (χ1n) is 12.3. The van der Waals surface area contributed by atoms with E-state index in [9.17, 15) is 9.59 Å². The molecule has 0 bridgehead atoms. The molecule has 2 fully saturated rings. The van der Waals surface area contributed by atoms with Gasteiger partial charge in [-0.25, -0.2) is 0 Å². The lowest BCUT2D eigenvalue weighted by atomic mass is 9.89. The number of ether oxygens (including phenoxy) is 1. The topological polar surface area (TPSA) is 70.7 Å². The zero-order valence-electron chi connectivity index (χ0n) is 19.8. The fourth-order valence-corrected chi connectivity index (χ4v) is 4.80. The Kier molecular flexibility index (Phi) is 8.46. The molecular weight excluding hydrogens is 450 g/mol. The van der Waals surface area contributed by atoms with Crippen LogP contribution in [0.25, 0.3) is 0 Å². The number of rotatable bonds is 8. The second-order valence-electron chi connectivity index (χ2n) is 9.30. The number of hydrogen-bond acceptors (Lipinski definition) is 4. The Morgan fingerprint density at radius 3 is 2.56 bits per heavy atom. The minimum Gasteiger partial charge on any atom is -0.376 e. The Morgan fingerprint density at radius 2 is 1.88 bits per heavy atom. The summed E-state index contributed by atoms with van der Waals surface area (Å²) >= 11 is 5.91. The Labute approximate surface area is 207 Å². The molecule has 0 aliphatic carbocycles. The van der Waals surface area contributed by atoms with Crippen LogP contribution in [0.4, 0.5) is 11.4 Å². The van der Waals surface area contributed by atoms with Crippen molar-refractivity contribution in [3.05, 3.63) is 59.7 Å². The van der Waals surface area contributed by atoms with Crippen LogP contribution in [0.1, 0.15) is 48.5 Å². The molecule has 2 aromatic carbocycles. The monoisotopic (exact) mass is 483 g/mol. The SMILES string of the molecule is CC(Cl)C(=O)Nc1ccc(N2CCC(Cc3ccccc3)CC2)c(C(=O)NCC2CCCO2)c1. The average molecular weight is 484 g/mol. The Bertz CT molecular complexity index is 968. The van der Waals surface area contributed by atoms with Crippen LogP contribution >= 0.6 is 11.6 Å². The first-order valence-corrected chi connectivity index (χ1v) is 12.7. The van der Waals surface area contributed by atoms with Gasteiger partial charge >= 0.3 is 0 Å². The number of carbonyl (C=O) groups is 2. The number of hydrogen-bond donors (Lipinski definition) is 2. The molecule has 2 saturated heterocycles. The third-order valence-corrected chi connectivity index (χ3v) is 6.90. The van der Waals surface area contributed by atoms with E-state index in [1.165, 1.54) is 5.56 Å². The molecule has 2 atom stereocenters. The Morgan fingerprint density at radius 1 is 1.12 bits per heavy atom. The average Bonchev–Trinajstić information content (AvgIpc) is 3.37. The van der Waals surface area contributed by atoms with Gasteiger partial charge in [-0.1, -0.05) is 30.3 Å². The van der Waals surface area contributed by atoms with Crippen LogP contribution in [0.15, 0.2) is 48.5 Å². The summed E-state index contributed by atoms with van der Waals surface area (Å²) in [5.74, 6) is 0.202. The van der Waals surface area contributed by atoms with Gasteiger partial charge < -0.3 is 20.3 Å². The quantitative estimate of drug-likeness (QED) is 0.537. The lowest BCUT2D eigenvalue weighted by Gasteiger charge is -2.35. The molecule has 182 valence electrons. The van der Waals surface area contributed by atoms with E-state index in [2.05, 4.69) is 45.9 Å². The van der Waals surface area contributed by atoms with E-state index in [1.54, 1.807) is 13.0 Å². The smallest absolute Gasteiger partial charge is 0.253 e. The van der Waals surface area contributed by atoms with Crippen LogP contribution in [-0.2, 0) is 16.0 Å². The van der Waals surface area contributed by atoms with Crippen molar-refractivity contribution in [3.8, 4) is 0 Å². The summed E-state index contributed by atoms with van der Waals surface area (Å²) in [6.07, 6.45) is 5.31. The highest BCUT2D eigenvalue weighted by Crippen LogP contribution is 2.30. The fraction of sp³-hybridized carbons (Fsp3) is 0.481. The standard InChI is InChI=1S/C27H34ClN3O3/c1-19(28)26(32)30-22-9-10-25(24(17-22)27(33)29-18-23-8-5-15-34-23)31-13-11-21(12-14-31)16-20-6-3-2-4-7-20/h2-4,6-7,9-10,17,19,21,23H,5,8,11-16,18H2,1H3,(H,29,33)(H,30,32). The molecule has 7 heteroatoms. The Hall–Kier alpha value is -2.57. The van der Waals surface area contributed by atoms with Gasteiger partial charge in [0.1, 0.15) is 5.38 Å². The van der Waals surface area contributed by atoms with Gasteiger partial charge in [0, 0.05) is 37.6 Å². The van der Waals surface area contributed by atoms with Crippen molar-refractivity contribution >= 4 is 34.8 Å². The van der Waals surface area contributed by atoms with Gasteiger partial charge in [0.05, 0.1) is 11.7 Å². The van der Waals surface area contributed by atoms with E-state index < -0.39 is 5.38 Å². The number of nitrogens with zero attached hydrogens (tertiary/aromatic N) is 1. The highest BCUT2D eigenvalue weighted by atomic mass is 35.5. The third-order valence-electron chi connectivity index (χ3n) is 6.71. The molecule has 6 nitrogen and oxygen atoms in total. The van der Waals surface area contributed by atoms with Gasteiger partial charge in [-0.2, -0.15) is 0 Å². The normalized spacial score (nSPS) is 19.6. The van der Waals surface area contributed by atoms with Gasteiger partial charge in [-0.15, -0.1) is 11.6 Å². The first-order chi connectivity index (χ1) is 16.5. The van der Waals surface area contributed by atoms with Crippen LogP contribution in [0, 0.1) is 5.92 Å². The number of piperidine rings is 1. The summed E-state index contributed by atoms with van der Waals surface area (Å²) < 4.78 is 5.65. The van der Waals surface area contributed by atoms with E-state index in [0.717, 1.165) is 57.5 Å². The van der Waals surface area contributed by atoms with Gasteiger partial charge in [-0.3, -0.25) is 9.59 Å². The van der Waals surface area contributed by atoms with Crippen molar-refractivity contribution in [1.82, 2.24) is 5.32 Å². The summed E-state index contributed by atoms with van der Waals surface area (Å²) in [6, 6.07) is 16.2. The zero-order valence-corrected chi connectivity index (χ0v) is 20.5. The molecule has 2 unspecified atom stereocenters. The summed E-state index contributed by atoms with van der Waals surface area (Å²) in [6.45, 7) is 4.66. The molecule has 34 heavy (non-hydrogen) atoms. The lowest BCUT2D eigenvalue weighted by Crippen LogP contribution is -2.37. The maximum absolute atomic E-state index is 13.2. The molecule has 2 N–H and O–H groups in total. The summed E-state index contributed by atoms with van der Waals surface area (Å²) in [7, 11) is 0. The predicted octanol–water partition coefficient (Wildman–Crippen LogP) is 4.62. The van der Waals surface area contributed by atoms with Crippen molar-refractivity contribution in [1.29, 1.82) is 0 Å². The van der Waals surface area contributed by atoms with Gasteiger partial charge in [0.2, 0.25) is 5.91 Å². The maximum atomic E-state index is 13.2. The number of nitrogens with one attached hydrogen (secondary N) is 2. The van der Waals surface area contributed by atoms with Crippen molar-refractivity contribution in [2.24, 2.45) is 5.92 Å². The van der Waals surface area contributed by atoms with E-state index in [0.29, 0.717) is 23.7 Å². The predicted molar refractivity (Wildman–Crippen MR) is 137 cm³/mol. The second-order valence-corrected chi connectivity index (χ2v) is 9.96. The number of benzene rings is 2. The molecule has 4 rings (SSSR count). The van der Waals surface area contributed by atoms with E-state index in [-0.39, 0.29) is 17.9 Å². The van der Waals surface area contributed by atoms with Gasteiger partial charge in [0.25, 0.3) is 5.91 Å². The van der Waals surface area contributed by atoms with Crippen LogP contribution < -0.4 is 15.5 Å². The minimum absolute atomic E-state index is 0.0705. The molecule has 2 aliphatic rings. The van der Waals surface area contributed by atoms with Gasteiger partial charge in [0.15, 0.2) is 0 Å². The molecule has 2 aromatic rings. The van der Waals surface area contributed by atoms with E-state index in [1.807, 2.05) is 12.1 Å². The summed E-state index contributed by atoms with van der Waals surface area (Å²) in [4.78, 5) is 27.6. The number of amides is 2. The number of carbonyl (C=O) groups excluding carboxylic acids is 2. The molecule has 2 aliphatic heterocycles. The molecule has 0 aromatic heterocycles. The molecular formula is C27H34ClN3O3. The van der Waals surface area contributed by atoms with Crippen LogP contribution in [0.2, 0.25) is 0 Å². The summed E-state index contributed by atoms with van der Waals surface area (Å²) in [5, 5.41) is 5.19. The zero-order chi connectivity index (χ0) is 23.9. The van der Waals surface area contributed by atoms with E-state index in [4.69, 9.17) is 16.3 Å². The largest absolute Gasteiger partial charge is 0.376 e. The lowest BCUT2D eigenvalue weighted by molar-refractivity contribution is -0.115. The van der Waals surface area contributed by atoms with Crippen molar-refractivity contribution in [3.63, 3.8) is 0 Å². The maximum Gasteiger partial charge on any atom is 0.253 e. The number of anilines is 2. The van der Waals surface area contributed by atoms with Crippen LogP contribution in [-0.4, -0.2) is 49.5 Å². The third kappa shape index (κ3) is 6.51. The number of alkyl halides is 1. The number of halogens is 1. The van der Waals surface area contributed by atoms with Crippen molar-refractivity contribution in [2.45, 2.75) is 50.5 Å². The van der Waals surface area contributed by atoms with Crippen molar-refractivity contribution < 1.29 is 14.3 Å². The Balaban J connectivity index is 1.46. The van der Waals surface area contributed by atoms with E-state index >= 15 is 0 Å². The first kappa shape index (κ1) is 24.6. The highest BCUT2D eigenvalue weighted by molar-refractivity contribution is 6.32. The fourth-order valence-electron chi connectivity index (χ4n) is 4.75. The molecule has 2 amide bonds. The highest BCUT2D eigenvalue weighted by Gasteiger charge is 2.25. The molecule has 0 radical (unpaired) electrons. The van der Waals surface area contributed by atoms with Crippen molar-refractivity contribution in [2.75, 3.05) is 36.5 Å². The molecule has 2 heterocycles. The molecule has 0 saturated carbocycles. The second kappa shape index (κ2) is 11.7. The van der Waals surface area contributed by atoms with Crippen LogP contribution in [0.3, 0.4) is 0 Å². The summed E-state index contributed by atoms with van der Waals surface area (Å²) in [5.41, 5.74) is 3.42. The molecule has 0 spiro atoms. The minimum atomic E-state index is -0.653. The van der Waals surface area contributed by atoms with Crippen LogP contribution in [0.5, 0.6) is 0 Å². The van der Waals surface area contributed by atoms with Gasteiger partial charge in [-0.05, 0) is 68.7 Å².